The average molecular weight is 377 g/mol. The highest BCUT2D eigenvalue weighted by Gasteiger charge is 2.35. The Hall–Kier alpha value is -2.44. The van der Waals surface area contributed by atoms with Gasteiger partial charge in [0, 0.05) is 35.8 Å². The van der Waals surface area contributed by atoms with E-state index < -0.39 is 17.8 Å². The van der Waals surface area contributed by atoms with Gasteiger partial charge >= 0.3 is 0 Å². The molecule has 1 aliphatic rings. The van der Waals surface area contributed by atoms with E-state index in [9.17, 15) is 19.1 Å². The number of hydrogen-bond acceptors (Lipinski definition) is 3. The molecule has 2 atom stereocenters. The summed E-state index contributed by atoms with van der Waals surface area (Å²) >= 11 is 5.95. The van der Waals surface area contributed by atoms with Crippen molar-refractivity contribution in [2.24, 2.45) is 5.92 Å². The van der Waals surface area contributed by atoms with Crippen molar-refractivity contribution in [3.8, 4) is 0 Å². The summed E-state index contributed by atoms with van der Waals surface area (Å²) in [5, 5.41) is 13.2. The van der Waals surface area contributed by atoms with E-state index in [1.807, 2.05) is 0 Å². The zero-order chi connectivity index (χ0) is 18.7. The van der Waals surface area contributed by atoms with Crippen molar-refractivity contribution in [2.45, 2.75) is 12.5 Å². The van der Waals surface area contributed by atoms with E-state index >= 15 is 0 Å². The van der Waals surface area contributed by atoms with E-state index in [2.05, 4.69) is 5.32 Å². The minimum atomic E-state index is -1.15. The molecule has 2 amide bonds. The van der Waals surface area contributed by atoms with Gasteiger partial charge in [-0.1, -0.05) is 35.9 Å². The third-order valence-corrected chi connectivity index (χ3v) is 4.58. The minimum Gasteiger partial charge on any atom is -0.386 e. The fourth-order valence-corrected chi connectivity index (χ4v) is 3.16. The lowest BCUT2D eigenvalue weighted by atomic mass is 10.1. The lowest BCUT2D eigenvalue weighted by molar-refractivity contribution is -0.126. The van der Waals surface area contributed by atoms with Gasteiger partial charge in [0.1, 0.15) is 5.82 Å². The molecule has 1 saturated heterocycles. The standard InChI is InChI=1S/C19H18ClFN2O3/c20-13-4-3-5-14(9-13)23-11-12(8-18(23)25)19(26)22-10-17(24)15-6-1-2-7-16(15)21/h1-7,9,12,17,24H,8,10-11H2,(H,22,26). The maximum atomic E-state index is 13.7. The van der Waals surface area contributed by atoms with Gasteiger partial charge in [0.05, 0.1) is 12.0 Å². The van der Waals surface area contributed by atoms with E-state index in [4.69, 9.17) is 11.6 Å². The molecule has 1 aliphatic heterocycles. The fourth-order valence-electron chi connectivity index (χ4n) is 2.97. The van der Waals surface area contributed by atoms with Gasteiger partial charge in [-0.05, 0) is 24.3 Å². The number of hydrogen-bond donors (Lipinski definition) is 2. The molecule has 2 aromatic rings. The molecule has 7 heteroatoms. The van der Waals surface area contributed by atoms with Gasteiger partial charge in [-0.25, -0.2) is 4.39 Å². The molecule has 0 aromatic heterocycles. The van der Waals surface area contributed by atoms with Crippen LogP contribution in [0.15, 0.2) is 48.5 Å². The van der Waals surface area contributed by atoms with E-state index in [-0.39, 0.29) is 36.9 Å². The first-order chi connectivity index (χ1) is 12.5. The molecule has 3 rings (SSSR count). The molecule has 2 aromatic carbocycles. The largest absolute Gasteiger partial charge is 0.386 e. The van der Waals surface area contributed by atoms with Crippen LogP contribution in [0, 0.1) is 11.7 Å². The van der Waals surface area contributed by atoms with E-state index in [0.717, 1.165) is 0 Å². The van der Waals surface area contributed by atoms with Crippen LogP contribution in [0.5, 0.6) is 0 Å². The molecule has 26 heavy (non-hydrogen) atoms. The Balaban J connectivity index is 1.59. The summed E-state index contributed by atoms with van der Waals surface area (Å²) in [5.41, 5.74) is 0.764. The summed E-state index contributed by atoms with van der Waals surface area (Å²) in [6, 6.07) is 12.7. The Kier molecular flexibility index (Phi) is 5.54. The highest BCUT2D eigenvalue weighted by molar-refractivity contribution is 6.30. The zero-order valence-electron chi connectivity index (χ0n) is 13.9. The number of nitrogens with one attached hydrogen (secondary N) is 1. The van der Waals surface area contributed by atoms with Crippen molar-refractivity contribution < 1.29 is 19.1 Å². The van der Waals surface area contributed by atoms with Crippen LogP contribution in [0.3, 0.4) is 0 Å². The second kappa shape index (κ2) is 7.85. The van der Waals surface area contributed by atoms with Gasteiger partial charge in [0.25, 0.3) is 0 Å². The molecule has 2 N–H and O–H groups in total. The molecule has 1 fully saturated rings. The number of anilines is 1. The Morgan fingerprint density at radius 2 is 2.08 bits per heavy atom. The molecule has 0 saturated carbocycles. The lowest BCUT2D eigenvalue weighted by Gasteiger charge is -2.18. The Morgan fingerprint density at radius 3 is 2.81 bits per heavy atom. The fraction of sp³-hybridized carbons (Fsp3) is 0.263. The van der Waals surface area contributed by atoms with Crippen molar-refractivity contribution in [3.63, 3.8) is 0 Å². The average Bonchev–Trinajstić information content (AvgIpc) is 3.01. The summed E-state index contributed by atoms with van der Waals surface area (Å²) in [5.74, 6) is -1.58. The molecule has 5 nitrogen and oxygen atoms in total. The SMILES string of the molecule is O=C(NCC(O)c1ccccc1F)C1CC(=O)N(c2cccc(Cl)c2)C1. The molecule has 0 aliphatic carbocycles. The predicted molar refractivity (Wildman–Crippen MR) is 96.3 cm³/mol. The summed E-state index contributed by atoms with van der Waals surface area (Å²) in [7, 11) is 0. The second-order valence-corrected chi connectivity index (χ2v) is 6.60. The van der Waals surface area contributed by atoms with Gasteiger partial charge in [-0.3, -0.25) is 9.59 Å². The number of halogens is 2. The van der Waals surface area contributed by atoms with Crippen LogP contribution in [-0.2, 0) is 9.59 Å². The summed E-state index contributed by atoms with van der Waals surface area (Å²) < 4.78 is 13.7. The van der Waals surface area contributed by atoms with Gasteiger partial charge in [0.15, 0.2) is 0 Å². The molecule has 0 radical (unpaired) electrons. The number of rotatable bonds is 5. The van der Waals surface area contributed by atoms with Gasteiger partial charge in [-0.2, -0.15) is 0 Å². The number of aliphatic hydroxyl groups excluding tert-OH is 1. The molecular weight excluding hydrogens is 359 g/mol. The first kappa shape index (κ1) is 18.4. The quantitative estimate of drug-likeness (QED) is 0.843. The van der Waals surface area contributed by atoms with Gasteiger partial charge < -0.3 is 15.3 Å². The Labute approximate surface area is 155 Å². The maximum absolute atomic E-state index is 13.7. The predicted octanol–water partition coefficient (Wildman–Crippen LogP) is 2.68. The van der Waals surface area contributed by atoms with Crippen LogP contribution in [0.2, 0.25) is 5.02 Å². The van der Waals surface area contributed by atoms with E-state index in [1.54, 1.807) is 30.3 Å². The topological polar surface area (TPSA) is 69.6 Å². The number of carbonyl (C=O) groups is 2. The maximum Gasteiger partial charge on any atom is 0.227 e. The zero-order valence-corrected chi connectivity index (χ0v) is 14.6. The second-order valence-electron chi connectivity index (χ2n) is 6.17. The molecular formula is C19H18ClFN2O3. The van der Waals surface area contributed by atoms with E-state index in [0.29, 0.717) is 10.7 Å². The molecule has 1 heterocycles. The third kappa shape index (κ3) is 4.03. The Bertz CT molecular complexity index is 830. The van der Waals surface area contributed by atoms with Gasteiger partial charge in [-0.15, -0.1) is 0 Å². The lowest BCUT2D eigenvalue weighted by Crippen LogP contribution is -2.35. The smallest absolute Gasteiger partial charge is 0.227 e. The number of benzene rings is 2. The van der Waals surface area contributed by atoms with E-state index in [1.165, 1.54) is 23.1 Å². The van der Waals surface area contributed by atoms with Crippen LogP contribution in [0.4, 0.5) is 10.1 Å². The van der Waals surface area contributed by atoms with Crippen LogP contribution in [0.1, 0.15) is 18.1 Å². The first-order valence-electron chi connectivity index (χ1n) is 8.22. The normalized spacial score (nSPS) is 18.0. The van der Waals surface area contributed by atoms with Crippen molar-refractivity contribution in [2.75, 3.05) is 18.0 Å². The molecule has 0 spiro atoms. The number of amides is 2. The highest BCUT2D eigenvalue weighted by atomic mass is 35.5. The van der Waals surface area contributed by atoms with Crippen molar-refractivity contribution >= 4 is 29.1 Å². The summed E-state index contributed by atoms with van der Waals surface area (Å²) in [6.45, 7) is 0.114. The van der Waals surface area contributed by atoms with Crippen molar-refractivity contribution in [3.05, 3.63) is 64.9 Å². The molecule has 136 valence electrons. The highest BCUT2D eigenvalue weighted by Crippen LogP contribution is 2.27. The summed E-state index contributed by atoms with van der Waals surface area (Å²) in [4.78, 5) is 26.1. The minimum absolute atomic E-state index is 0.0775. The number of aliphatic hydroxyl groups is 1. The van der Waals surface area contributed by atoms with Crippen LogP contribution >= 0.6 is 11.6 Å². The summed E-state index contributed by atoms with van der Waals surface area (Å²) in [6.07, 6.45) is -1.07. The molecule has 2 unspecified atom stereocenters. The van der Waals surface area contributed by atoms with Crippen molar-refractivity contribution in [1.29, 1.82) is 0 Å². The van der Waals surface area contributed by atoms with Crippen LogP contribution < -0.4 is 10.2 Å². The van der Waals surface area contributed by atoms with Crippen LogP contribution in [-0.4, -0.2) is 30.0 Å². The number of nitrogens with zero attached hydrogens (tertiary/aromatic N) is 1. The van der Waals surface area contributed by atoms with Crippen molar-refractivity contribution in [1.82, 2.24) is 5.32 Å². The Morgan fingerprint density at radius 1 is 1.31 bits per heavy atom. The van der Waals surface area contributed by atoms with Crippen LogP contribution in [0.25, 0.3) is 0 Å². The number of carbonyl (C=O) groups excluding carboxylic acids is 2. The molecule has 0 bridgehead atoms. The van der Waals surface area contributed by atoms with Gasteiger partial charge in [0.2, 0.25) is 11.8 Å². The monoisotopic (exact) mass is 376 g/mol. The first-order valence-corrected chi connectivity index (χ1v) is 8.59. The third-order valence-electron chi connectivity index (χ3n) is 4.35.